The van der Waals surface area contributed by atoms with Crippen LogP contribution in [-0.4, -0.2) is 37.6 Å². The van der Waals surface area contributed by atoms with Gasteiger partial charge in [0.05, 0.1) is 12.0 Å². The van der Waals surface area contributed by atoms with Crippen molar-refractivity contribution in [1.82, 2.24) is 25.2 Å². The lowest BCUT2D eigenvalue weighted by Gasteiger charge is -2.10. The number of nitrogens with zero attached hydrogens (tertiary/aromatic N) is 5. The van der Waals surface area contributed by atoms with Gasteiger partial charge in [-0.3, -0.25) is 14.3 Å². The number of thioether (sulfide) groups is 1. The number of pyridine rings is 1. The largest absolute Gasteiger partial charge is 0.272 e. The highest BCUT2D eigenvalue weighted by Gasteiger charge is 2.17. The molecule has 0 aliphatic heterocycles. The third-order valence-electron chi connectivity index (χ3n) is 4.26. The van der Waals surface area contributed by atoms with Gasteiger partial charge in [-0.25, -0.2) is 9.82 Å². The maximum absolute atomic E-state index is 12.9. The predicted molar refractivity (Wildman–Crippen MR) is 125 cm³/mol. The minimum Gasteiger partial charge on any atom is -0.272 e. The number of hydrazone groups is 1. The van der Waals surface area contributed by atoms with Gasteiger partial charge < -0.3 is 0 Å². The molecule has 2 heterocycles. The standard InChI is InChI=1S/C22H16BrFN6OS/c23-17-3-7-19(8-4-17)30-21(16-9-11-25-12-10-16)28-29-22(30)32-14-20(31)27-26-13-15-1-5-18(24)6-2-15/h1-13H,14H2,(H,27,31). The van der Waals surface area contributed by atoms with Crippen LogP contribution in [0.25, 0.3) is 17.1 Å². The number of amides is 1. The van der Waals surface area contributed by atoms with Crippen molar-refractivity contribution in [2.45, 2.75) is 5.16 Å². The van der Waals surface area contributed by atoms with Crippen molar-refractivity contribution in [3.8, 4) is 17.1 Å². The number of hydrogen-bond acceptors (Lipinski definition) is 6. The molecule has 32 heavy (non-hydrogen) atoms. The molecular formula is C22H16BrFN6OS. The van der Waals surface area contributed by atoms with Crippen LogP contribution in [0.5, 0.6) is 0 Å². The Morgan fingerprint density at radius 1 is 1.06 bits per heavy atom. The van der Waals surface area contributed by atoms with E-state index in [2.05, 4.69) is 41.6 Å². The second-order valence-corrected chi connectivity index (χ2v) is 8.35. The lowest BCUT2D eigenvalue weighted by atomic mass is 10.2. The topological polar surface area (TPSA) is 85.1 Å². The first-order valence-corrected chi connectivity index (χ1v) is 11.2. The van der Waals surface area contributed by atoms with Gasteiger partial charge in [0.2, 0.25) is 0 Å². The Balaban J connectivity index is 1.49. The molecule has 0 aliphatic rings. The molecule has 2 aromatic carbocycles. The maximum atomic E-state index is 12.9. The lowest BCUT2D eigenvalue weighted by Crippen LogP contribution is -2.20. The Labute approximate surface area is 195 Å². The third-order valence-corrected chi connectivity index (χ3v) is 5.72. The fraction of sp³-hybridized carbons (Fsp3) is 0.0455. The molecule has 160 valence electrons. The van der Waals surface area contributed by atoms with Crippen molar-refractivity contribution in [2.24, 2.45) is 5.10 Å². The molecule has 0 spiro atoms. The SMILES string of the molecule is O=C(CSc1nnc(-c2ccncc2)n1-c1ccc(Br)cc1)NN=Cc1ccc(F)cc1. The van der Waals surface area contributed by atoms with Gasteiger partial charge >= 0.3 is 0 Å². The number of hydrogen-bond donors (Lipinski definition) is 1. The summed E-state index contributed by atoms with van der Waals surface area (Å²) in [7, 11) is 0. The molecule has 1 N–H and O–H groups in total. The number of benzene rings is 2. The fourth-order valence-corrected chi connectivity index (χ4v) is 3.77. The van der Waals surface area contributed by atoms with Crippen LogP contribution in [0.3, 0.4) is 0 Å². The summed E-state index contributed by atoms with van der Waals surface area (Å²) in [4.78, 5) is 16.3. The minimum atomic E-state index is -0.330. The molecule has 0 fully saturated rings. The van der Waals surface area contributed by atoms with Crippen LogP contribution < -0.4 is 5.43 Å². The molecule has 0 bridgehead atoms. The van der Waals surface area contributed by atoms with E-state index < -0.39 is 0 Å². The normalized spacial score (nSPS) is 11.1. The zero-order valence-corrected chi connectivity index (χ0v) is 18.9. The molecule has 0 aliphatic carbocycles. The predicted octanol–water partition coefficient (Wildman–Crippen LogP) is 4.47. The van der Waals surface area contributed by atoms with E-state index in [1.165, 1.54) is 30.1 Å². The number of aromatic nitrogens is 4. The van der Waals surface area contributed by atoms with Crippen LogP contribution >= 0.6 is 27.7 Å². The first-order chi connectivity index (χ1) is 15.6. The van der Waals surface area contributed by atoms with E-state index >= 15 is 0 Å². The van der Waals surface area contributed by atoms with Gasteiger partial charge in [0.15, 0.2) is 11.0 Å². The summed E-state index contributed by atoms with van der Waals surface area (Å²) in [5.41, 5.74) is 4.86. The van der Waals surface area contributed by atoms with Gasteiger partial charge in [0.1, 0.15) is 5.82 Å². The maximum Gasteiger partial charge on any atom is 0.250 e. The summed E-state index contributed by atoms with van der Waals surface area (Å²) in [6, 6.07) is 17.2. The zero-order chi connectivity index (χ0) is 22.3. The quantitative estimate of drug-likeness (QED) is 0.225. The molecular weight excluding hydrogens is 495 g/mol. The highest BCUT2D eigenvalue weighted by Crippen LogP contribution is 2.28. The molecule has 4 aromatic rings. The molecule has 0 radical (unpaired) electrons. The number of rotatable bonds is 7. The van der Waals surface area contributed by atoms with Crippen LogP contribution in [0.15, 0.2) is 87.8 Å². The van der Waals surface area contributed by atoms with E-state index in [0.717, 1.165) is 15.7 Å². The fourth-order valence-electron chi connectivity index (χ4n) is 2.76. The van der Waals surface area contributed by atoms with Gasteiger partial charge in [-0.2, -0.15) is 5.10 Å². The van der Waals surface area contributed by atoms with Gasteiger partial charge in [-0.1, -0.05) is 39.8 Å². The first-order valence-electron chi connectivity index (χ1n) is 9.42. The first kappa shape index (κ1) is 21.8. The van der Waals surface area contributed by atoms with Crippen LogP contribution in [-0.2, 0) is 4.79 Å². The van der Waals surface area contributed by atoms with Crippen LogP contribution in [0.1, 0.15) is 5.56 Å². The molecule has 2 aromatic heterocycles. The molecule has 10 heteroatoms. The minimum absolute atomic E-state index is 0.0891. The van der Waals surface area contributed by atoms with Crippen molar-refractivity contribution >= 4 is 39.8 Å². The molecule has 0 unspecified atom stereocenters. The van der Waals surface area contributed by atoms with Crippen molar-refractivity contribution in [3.63, 3.8) is 0 Å². The van der Waals surface area contributed by atoms with Gasteiger partial charge in [0.25, 0.3) is 5.91 Å². The van der Waals surface area contributed by atoms with E-state index in [1.54, 1.807) is 24.5 Å². The number of carbonyl (C=O) groups excluding carboxylic acids is 1. The van der Waals surface area contributed by atoms with E-state index in [-0.39, 0.29) is 17.5 Å². The smallest absolute Gasteiger partial charge is 0.250 e. The third kappa shape index (κ3) is 5.45. The average Bonchev–Trinajstić information content (AvgIpc) is 3.24. The molecule has 7 nitrogen and oxygen atoms in total. The summed E-state index contributed by atoms with van der Waals surface area (Å²) in [6.45, 7) is 0. The summed E-state index contributed by atoms with van der Waals surface area (Å²) >= 11 is 4.69. The Bertz CT molecular complexity index is 1230. The van der Waals surface area contributed by atoms with Crippen molar-refractivity contribution in [1.29, 1.82) is 0 Å². The Kier molecular flexibility index (Phi) is 7.03. The number of nitrogens with one attached hydrogen (secondary N) is 1. The Hall–Kier alpha value is -3.37. The van der Waals surface area contributed by atoms with E-state index in [9.17, 15) is 9.18 Å². The molecule has 0 saturated carbocycles. The lowest BCUT2D eigenvalue weighted by molar-refractivity contribution is -0.118. The molecule has 4 rings (SSSR count). The molecule has 1 amide bonds. The summed E-state index contributed by atoms with van der Waals surface area (Å²) in [5, 5.41) is 13.1. The van der Waals surface area contributed by atoms with E-state index in [1.807, 2.05) is 41.0 Å². The van der Waals surface area contributed by atoms with Crippen molar-refractivity contribution in [2.75, 3.05) is 5.75 Å². The van der Waals surface area contributed by atoms with Crippen LogP contribution in [0.2, 0.25) is 0 Å². The number of carbonyl (C=O) groups is 1. The van der Waals surface area contributed by atoms with Gasteiger partial charge in [-0.15, -0.1) is 10.2 Å². The van der Waals surface area contributed by atoms with Crippen LogP contribution in [0.4, 0.5) is 4.39 Å². The van der Waals surface area contributed by atoms with Gasteiger partial charge in [-0.05, 0) is 54.1 Å². The van der Waals surface area contributed by atoms with E-state index in [0.29, 0.717) is 16.5 Å². The summed E-state index contributed by atoms with van der Waals surface area (Å²) in [6.07, 6.45) is 4.83. The zero-order valence-electron chi connectivity index (χ0n) is 16.5. The van der Waals surface area contributed by atoms with Crippen LogP contribution in [0, 0.1) is 5.82 Å². The van der Waals surface area contributed by atoms with Gasteiger partial charge in [0, 0.05) is 28.1 Å². The van der Waals surface area contributed by atoms with Crippen molar-refractivity contribution < 1.29 is 9.18 Å². The highest BCUT2D eigenvalue weighted by molar-refractivity contribution is 9.10. The monoisotopic (exact) mass is 510 g/mol. The Morgan fingerprint density at radius 3 is 2.50 bits per heavy atom. The van der Waals surface area contributed by atoms with Crippen molar-refractivity contribution in [3.05, 3.63) is 88.9 Å². The summed E-state index contributed by atoms with van der Waals surface area (Å²) in [5.74, 6) is 0.103. The molecule has 0 saturated heterocycles. The number of halogens is 2. The highest BCUT2D eigenvalue weighted by atomic mass is 79.9. The second-order valence-electron chi connectivity index (χ2n) is 6.49. The second kappa shape index (κ2) is 10.3. The average molecular weight is 511 g/mol. The molecule has 0 atom stereocenters. The van der Waals surface area contributed by atoms with E-state index in [4.69, 9.17) is 0 Å². The Morgan fingerprint density at radius 2 is 1.78 bits per heavy atom. The summed E-state index contributed by atoms with van der Waals surface area (Å²) < 4.78 is 15.8.